The van der Waals surface area contributed by atoms with E-state index in [1.54, 1.807) is 0 Å². The summed E-state index contributed by atoms with van der Waals surface area (Å²) in [5.74, 6) is 1.58. The average molecular weight is 329 g/mol. The summed E-state index contributed by atoms with van der Waals surface area (Å²) in [4.78, 5) is 24.5. The van der Waals surface area contributed by atoms with Crippen molar-refractivity contribution in [1.29, 1.82) is 0 Å². The first kappa shape index (κ1) is 17.0. The van der Waals surface area contributed by atoms with Crippen molar-refractivity contribution >= 4 is 11.9 Å². The molecule has 3 rings (SSSR count). The SMILES string of the molecule is CC[C@@H](OC(=O)C[C@@H]1C[C@H]2CC[C@H]1C2)C(=O)NCc1ccccc1. The first-order chi connectivity index (χ1) is 11.7. The molecule has 2 saturated carbocycles. The smallest absolute Gasteiger partial charge is 0.306 e. The number of amides is 1. The van der Waals surface area contributed by atoms with Gasteiger partial charge in [0.05, 0.1) is 0 Å². The number of ether oxygens (including phenoxy) is 1. The number of hydrogen-bond acceptors (Lipinski definition) is 3. The first-order valence-electron chi connectivity index (χ1n) is 9.16. The molecular formula is C20H27NO3. The Hall–Kier alpha value is -1.84. The maximum atomic E-state index is 12.3. The summed E-state index contributed by atoms with van der Waals surface area (Å²) >= 11 is 0. The molecule has 1 aromatic carbocycles. The lowest BCUT2D eigenvalue weighted by atomic mass is 9.86. The molecule has 2 aliphatic carbocycles. The topological polar surface area (TPSA) is 55.4 Å². The minimum absolute atomic E-state index is 0.206. The second-order valence-electron chi connectivity index (χ2n) is 7.23. The van der Waals surface area contributed by atoms with Gasteiger partial charge in [-0.3, -0.25) is 9.59 Å². The van der Waals surface area contributed by atoms with Crippen LogP contribution in [0.5, 0.6) is 0 Å². The van der Waals surface area contributed by atoms with Gasteiger partial charge in [0.25, 0.3) is 5.91 Å². The predicted molar refractivity (Wildman–Crippen MR) is 92.0 cm³/mol. The summed E-state index contributed by atoms with van der Waals surface area (Å²) in [7, 11) is 0. The van der Waals surface area contributed by atoms with E-state index in [1.807, 2.05) is 37.3 Å². The fourth-order valence-electron chi connectivity index (χ4n) is 4.27. The predicted octanol–water partition coefficient (Wildman–Crippen LogP) is 3.45. The van der Waals surface area contributed by atoms with Gasteiger partial charge in [-0.25, -0.2) is 0 Å². The van der Waals surface area contributed by atoms with Crippen LogP contribution in [0.3, 0.4) is 0 Å². The molecule has 0 heterocycles. The molecule has 4 nitrogen and oxygen atoms in total. The van der Waals surface area contributed by atoms with Crippen molar-refractivity contribution in [3.05, 3.63) is 35.9 Å². The van der Waals surface area contributed by atoms with Crippen LogP contribution in [0.25, 0.3) is 0 Å². The average Bonchev–Trinajstić information content (AvgIpc) is 3.21. The van der Waals surface area contributed by atoms with E-state index in [0.717, 1.165) is 17.9 Å². The minimum atomic E-state index is -0.681. The molecule has 0 spiro atoms. The van der Waals surface area contributed by atoms with Gasteiger partial charge in [-0.15, -0.1) is 0 Å². The van der Waals surface area contributed by atoms with E-state index in [1.165, 1.54) is 19.3 Å². The third kappa shape index (κ3) is 4.16. The summed E-state index contributed by atoms with van der Waals surface area (Å²) in [6.07, 6.45) is 5.34. The molecule has 130 valence electrons. The van der Waals surface area contributed by atoms with E-state index in [0.29, 0.717) is 31.2 Å². The number of carbonyl (C=O) groups is 2. The molecule has 0 saturated heterocycles. The van der Waals surface area contributed by atoms with Crippen molar-refractivity contribution in [1.82, 2.24) is 5.32 Å². The Bertz CT molecular complexity index is 572. The summed E-state index contributed by atoms with van der Waals surface area (Å²) in [6, 6.07) is 9.74. The number of esters is 1. The fraction of sp³-hybridized carbons (Fsp3) is 0.600. The quantitative estimate of drug-likeness (QED) is 0.780. The molecule has 4 atom stereocenters. The molecule has 2 bridgehead atoms. The number of hydrogen-bond donors (Lipinski definition) is 1. The Labute approximate surface area is 144 Å². The van der Waals surface area contributed by atoms with Crippen molar-refractivity contribution in [2.45, 2.75) is 58.1 Å². The third-order valence-electron chi connectivity index (χ3n) is 5.56. The molecule has 4 heteroatoms. The lowest BCUT2D eigenvalue weighted by molar-refractivity contribution is -0.157. The number of fused-ring (bicyclic) bond motifs is 2. The van der Waals surface area contributed by atoms with Gasteiger partial charge in [-0.05, 0) is 49.0 Å². The van der Waals surface area contributed by atoms with Gasteiger partial charge in [0.1, 0.15) is 0 Å². The number of benzene rings is 1. The minimum Gasteiger partial charge on any atom is -0.452 e. The van der Waals surface area contributed by atoms with Gasteiger partial charge in [-0.2, -0.15) is 0 Å². The van der Waals surface area contributed by atoms with Gasteiger partial charge in [0.2, 0.25) is 0 Å². The van der Waals surface area contributed by atoms with Gasteiger partial charge >= 0.3 is 5.97 Å². The van der Waals surface area contributed by atoms with E-state index in [4.69, 9.17) is 4.74 Å². The highest BCUT2D eigenvalue weighted by atomic mass is 16.5. The van der Waals surface area contributed by atoms with E-state index in [2.05, 4.69) is 5.32 Å². The summed E-state index contributed by atoms with van der Waals surface area (Å²) in [5.41, 5.74) is 1.04. The van der Waals surface area contributed by atoms with Crippen molar-refractivity contribution in [2.24, 2.45) is 17.8 Å². The zero-order chi connectivity index (χ0) is 16.9. The standard InChI is InChI=1S/C20H27NO3/c1-2-18(20(23)21-13-14-6-4-3-5-7-14)24-19(22)12-17-11-15-8-9-16(17)10-15/h3-7,15-18H,2,8-13H2,1H3,(H,21,23)/t15-,16-,17-,18+/m0/s1. The Balaban J connectivity index is 1.44. The van der Waals surface area contributed by atoms with Crippen LogP contribution in [-0.2, 0) is 20.9 Å². The molecule has 2 fully saturated rings. The van der Waals surface area contributed by atoms with E-state index < -0.39 is 6.10 Å². The highest BCUT2D eigenvalue weighted by Gasteiger charge is 2.40. The van der Waals surface area contributed by atoms with Crippen LogP contribution in [0.15, 0.2) is 30.3 Å². The maximum Gasteiger partial charge on any atom is 0.306 e. The molecule has 0 aliphatic heterocycles. The molecule has 0 aromatic heterocycles. The molecule has 1 N–H and O–H groups in total. The van der Waals surface area contributed by atoms with Crippen LogP contribution < -0.4 is 5.32 Å². The van der Waals surface area contributed by atoms with Crippen LogP contribution in [0.4, 0.5) is 0 Å². The van der Waals surface area contributed by atoms with Gasteiger partial charge in [0.15, 0.2) is 6.10 Å². The summed E-state index contributed by atoms with van der Waals surface area (Å²) < 4.78 is 5.47. The Kier molecular flexibility index (Phi) is 5.54. The maximum absolute atomic E-state index is 12.3. The zero-order valence-electron chi connectivity index (χ0n) is 14.4. The Morgan fingerprint density at radius 1 is 1.21 bits per heavy atom. The lowest BCUT2D eigenvalue weighted by Crippen LogP contribution is -2.37. The number of rotatable bonds is 7. The third-order valence-corrected chi connectivity index (χ3v) is 5.56. The first-order valence-corrected chi connectivity index (χ1v) is 9.16. The monoisotopic (exact) mass is 329 g/mol. The van der Waals surface area contributed by atoms with Crippen LogP contribution in [0.1, 0.15) is 51.0 Å². The Morgan fingerprint density at radius 3 is 2.62 bits per heavy atom. The second-order valence-corrected chi connectivity index (χ2v) is 7.23. The molecule has 0 unspecified atom stereocenters. The second kappa shape index (κ2) is 7.82. The molecule has 1 aromatic rings. The number of nitrogens with one attached hydrogen (secondary N) is 1. The van der Waals surface area contributed by atoms with Gasteiger partial charge < -0.3 is 10.1 Å². The van der Waals surface area contributed by atoms with Crippen LogP contribution >= 0.6 is 0 Å². The van der Waals surface area contributed by atoms with Crippen molar-refractivity contribution in [3.63, 3.8) is 0 Å². The van der Waals surface area contributed by atoms with Crippen LogP contribution in [-0.4, -0.2) is 18.0 Å². The molecule has 1 amide bonds. The Morgan fingerprint density at radius 2 is 2.00 bits per heavy atom. The van der Waals surface area contributed by atoms with Crippen molar-refractivity contribution in [3.8, 4) is 0 Å². The van der Waals surface area contributed by atoms with Gasteiger partial charge in [-0.1, -0.05) is 43.7 Å². The highest BCUT2D eigenvalue weighted by molar-refractivity contribution is 5.83. The summed E-state index contributed by atoms with van der Waals surface area (Å²) in [6.45, 7) is 2.33. The highest BCUT2D eigenvalue weighted by Crippen LogP contribution is 2.49. The molecular weight excluding hydrogens is 302 g/mol. The van der Waals surface area contributed by atoms with Crippen LogP contribution in [0.2, 0.25) is 0 Å². The summed E-state index contributed by atoms with van der Waals surface area (Å²) in [5, 5.41) is 2.86. The molecule has 0 radical (unpaired) electrons. The normalized spacial score (nSPS) is 26.1. The number of carbonyl (C=O) groups excluding carboxylic acids is 2. The largest absolute Gasteiger partial charge is 0.452 e. The van der Waals surface area contributed by atoms with Gasteiger partial charge in [0, 0.05) is 13.0 Å². The fourth-order valence-corrected chi connectivity index (χ4v) is 4.27. The van der Waals surface area contributed by atoms with E-state index in [-0.39, 0.29) is 11.9 Å². The van der Waals surface area contributed by atoms with Crippen LogP contribution in [0, 0.1) is 17.8 Å². The van der Waals surface area contributed by atoms with E-state index >= 15 is 0 Å². The zero-order valence-corrected chi connectivity index (χ0v) is 14.4. The van der Waals surface area contributed by atoms with E-state index in [9.17, 15) is 9.59 Å². The molecule has 24 heavy (non-hydrogen) atoms. The molecule has 2 aliphatic rings. The van der Waals surface area contributed by atoms with Crippen molar-refractivity contribution < 1.29 is 14.3 Å². The lowest BCUT2D eigenvalue weighted by Gasteiger charge is -2.22. The van der Waals surface area contributed by atoms with Crippen molar-refractivity contribution in [2.75, 3.05) is 0 Å².